The summed E-state index contributed by atoms with van der Waals surface area (Å²) in [5, 5.41) is 5.47. The molecule has 0 saturated carbocycles. The second-order valence-electron chi connectivity index (χ2n) is 6.66. The van der Waals surface area contributed by atoms with Gasteiger partial charge in [0.15, 0.2) is 0 Å². The minimum absolute atomic E-state index is 0.00749. The molecule has 1 atom stereocenters. The van der Waals surface area contributed by atoms with Gasteiger partial charge in [-0.15, -0.1) is 11.3 Å². The lowest BCUT2D eigenvalue weighted by atomic mass is 10.0. The molecule has 27 heavy (non-hydrogen) atoms. The van der Waals surface area contributed by atoms with E-state index in [1.807, 2.05) is 52.1 Å². The molecule has 142 valence electrons. The van der Waals surface area contributed by atoms with Crippen molar-refractivity contribution in [1.29, 1.82) is 0 Å². The molecule has 5 nitrogen and oxygen atoms in total. The maximum absolute atomic E-state index is 13.0. The predicted octanol–water partition coefficient (Wildman–Crippen LogP) is 4.50. The Balaban J connectivity index is 0.00000102. The van der Waals surface area contributed by atoms with Crippen LogP contribution in [0, 0.1) is 13.8 Å². The van der Waals surface area contributed by atoms with Gasteiger partial charge in [0.2, 0.25) is 0 Å². The highest BCUT2D eigenvalue weighted by molar-refractivity contribution is 7.15. The largest absolute Gasteiger partial charge is 0.270 e. The van der Waals surface area contributed by atoms with E-state index in [0.29, 0.717) is 12.5 Å². The molecule has 0 saturated heterocycles. The van der Waals surface area contributed by atoms with Crippen LogP contribution in [0.15, 0.2) is 29.2 Å². The van der Waals surface area contributed by atoms with Crippen molar-refractivity contribution in [2.75, 3.05) is 0 Å². The Labute approximate surface area is 164 Å². The lowest BCUT2D eigenvalue weighted by Crippen LogP contribution is -2.27. The summed E-state index contributed by atoms with van der Waals surface area (Å²) in [5.74, 6) is 0.360. The second kappa shape index (κ2) is 8.13. The summed E-state index contributed by atoms with van der Waals surface area (Å²) in [6.07, 6.45) is 3.54. The van der Waals surface area contributed by atoms with Gasteiger partial charge < -0.3 is 0 Å². The highest BCUT2D eigenvalue weighted by Gasteiger charge is 2.26. The van der Waals surface area contributed by atoms with Crippen LogP contribution in [-0.4, -0.2) is 19.7 Å². The molecule has 3 heterocycles. The quantitative estimate of drug-likeness (QED) is 0.654. The minimum Gasteiger partial charge on any atom is -0.267 e. The average Bonchev–Trinajstić information content (AvgIpc) is 3.00. The molecule has 1 aliphatic carbocycles. The topological polar surface area (TPSA) is 60.7 Å². The van der Waals surface area contributed by atoms with Crippen LogP contribution < -0.4 is 5.56 Å². The van der Waals surface area contributed by atoms with Gasteiger partial charge in [0.1, 0.15) is 0 Å². The zero-order valence-electron chi connectivity index (χ0n) is 16.6. The Bertz CT molecular complexity index is 1010. The third-order valence-electron chi connectivity index (χ3n) is 4.70. The molecule has 0 amide bonds. The Morgan fingerprint density at radius 1 is 1.22 bits per heavy atom. The van der Waals surface area contributed by atoms with Crippen LogP contribution in [0.4, 0.5) is 0 Å². The van der Waals surface area contributed by atoms with Gasteiger partial charge in [-0.25, -0.2) is 9.67 Å². The Hall–Kier alpha value is -2.34. The van der Waals surface area contributed by atoms with E-state index in [0.717, 1.165) is 50.9 Å². The van der Waals surface area contributed by atoms with Crippen LogP contribution in [0.2, 0.25) is 0 Å². The first kappa shape index (κ1) is 19.4. The number of rotatable bonds is 2. The first-order valence-corrected chi connectivity index (χ1v) is 10.3. The summed E-state index contributed by atoms with van der Waals surface area (Å²) in [7, 11) is 0. The lowest BCUT2D eigenvalue weighted by molar-refractivity contribution is 0.609. The van der Waals surface area contributed by atoms with E-state index in [2.05, 4.69) is 17.0 Å². The second-order valence-corrected chi connectivity index (χ2v) is 7.86. The Kier molecular flexibility index (Phi) is 5.85. The Morgan fingerprint density at radius 3 is 2.74 bits per heavy atom. The molecule has 0 radical (unpaired) electrons. The van der Waals surface area contributed by atoms with E-state index in [1.165, 1.54) is 4.68 Å². The number of nitrogens with zero attached hydrogens (tertiary/aromatic N) is 4. The normalized spacial score (nSPS) is 15.2. The maximum atomic E-state index is 13.0. The van der Waals surface area contributed by atoms with Crippen LogP contribution >= 0.6 is 11.3 Å². The fourth-order valence-corrected chi connectivity index (χ4v) is 4.46. The van der Waals surface area contributed by atoms with E-state index in [4.69, 9.17) is 4.98 Å². The number of fused-ring (bicyclic) bond motifs is 3. The molecule has 3 aromatic rings. The summed E-state index contributed by atoms with van der Waals surface area (Å²) in [4.78, 5) is 23.3. The van der Waals surface area contributed by atoms with E-state index < -0.39 is 0 Å². The standard InChI is InChI=1S/C19H20N4OS.C2H6/c1-11-7-8-15-16(18-17(11)22-13(3)25-18)9-20-23(19(15)24)10-14-6-4-5-12(2)21-14;1-2/h4-6,9,11H,7-8,10H2,1-3H3;1-2H3. The van der Waals surface area contributed by atoms with E-state index >= 15 is 0 Å². The van der Waals surface area contributed by atoms with Gasteiger partial charge in [0.25, 0.3) is 5.56 Å². The predicted molar refractivity (Wildman–Crippen MR) is 111 cm³/mol. The van der Waals surface area contributed by atoms with Gasteiger partial charge in [0.05, 0.1) is 34.0 Å². The molecule has 1 unspecified atom stereocenters. The van der Waals surface area contributed by atoms with Gasteiger partial charge in [-0.05, 0) is 38.8 Å². The average molecular weight is 383 g/mol. The fraction of sp³-hybridized carbons (Fsp3) is 0.429. The minimum atomic E-state index is -0.00749. The SMILES string of the molecule is CC.Cc1cccc(Cn2ncc3c(c2=O)CCC(C)c2nc(C)sc2-3)n1. The third kappa shape index (κ3) is 3.86. The number of pyridine rings is 1. The molecular weight excluding hydrogens is 356 g/mol. The van der Waals surface area contributed by atoms with Crippen LogP contribution in [0.5, 0.6) is 0 Å². The first-order chi connectivity index (χ1) is 13.0. The Morgan fingerprint density at radius 2 is 2.00 bits per heavy atom. The number of thiazole rings is 1. The number of hydrogen-bond donors (Lipinski definition) is 0. The third-order valence-corrected chi connectivity index (χ3v) is 5.72. The monoisotopic (exact) mass is 382 g/mol. The van der Waals surface area contributed by atoms with Gasteiger partial charge in [-0.3, -0.25) is 9.78 Å². The molecule has 0 fully saturated rings. The molecule has 0 bridgehead atoms. The van der Waals surface area contributed by atoms with Crippen molar-refractivity contribution >= 4 is 11.3 Å². The van der Waals surface area contributed by atoms with Crippen LogP contribution in [0.1, 0.15) is 60.8 Å². The van der Waals surface area contributed by atoms with Crippen molar-refractivity contribution < 1.29 is 0 Å². The summed E-state index contributed by atoms with van der Waals surface area (Å²) in [6, 6.07) is 5.84. The summed E-state index contributed by atoms with van der Waals surface area (Å²) in [5.41, 5.74) is 4.72. The summed E-state index contributed by atoms with van der Waals surface area (Å²) >= 11 is 1.66. The van der Waals surface area contributed by atoms with E-state index in [-0.39, 0.29) is 5.56 Å². The summed E-state index contributed by atoms with van der Waals surface area (Å²) in [6.45, 7) is 10.6. The molecule has 0 spiro atoms. The fourth-order valence-electron chi connectivity index (χ4n) is 3.39. The highest BCUT2D eigenvalue weighted by Crippen LogP contribution is 2.39. The molecule has 0 N–H and O–H groups in total. The molecule has 1 aliphatic rings. The van der Waals surface area contributed by atoms with Gasteiger partial charge in [0, 0.05) is 22.7 Å². The summed E-state index contributed by atoms with van der Waals surface area (Å²) < 4.78 is 1.53. The molecule has 0 aliphatic heterocycles. The molecular formula is C21H26N4OS. The van der Waals surface area contributed by atoms with Crippen molar-refractivity contribution in [2.45, 2.75) is 59.9 Å². The molecule has 0 aromatic carbocycles. The maximum Gasteiger partial charge on any atom is 0.270 e. The highest BCUT2D eigenvalue weighted by atomic mass is 32.1. The van der Waals surface area contributed by atoms with Crippen molar-refractivity contribution in [3.8, 4) is 10.4 Å². The molecule has 3 aromatic heterocycles. The van der Waals surface area contributed by atoms with E-state index in [9.17, 15) is 4.79 Å². The van der Waals surface area contributed by atoms with Crippen molar-refractivity contribution in [1.82, 2.24) is 19.7 Å². The van der Waals surface area contributed by atoms with Crippen molar-refractivity contribution in [2.24, 2.45) is 0 Å². The van der Waals surface area contributed by atoms with Gasteiger partial charge in [-0.1, -0.05) is 26.8 Å². The van der Waals surface area contributed by atoms with Crippen molar-refractivity contribution in [3.05, 3.63) is 62.4 Å². The van der Waals surface area contributed by atoms with Crippen LogP contribution in [-0.2, 0) is 13.0 Å². The molecule has 4 rings (SSSR count). The van der Waals surface area contributed by atoms with E-state index in [1.54, 1.807) is 11.3 Å². The molecule has 6 heteroatoms. The lowest BCUT2D eigenvalue weighted by Gasteiger charge is -2.09. The van der Waals surface area contributed by atoms with Gasteiger partial charge >= 0.3 is 0 Å². The van der Waals surface area contributed by atoms with Gasteiger partial charge in [-0.2, -0.15) is 5.10 Å². The smallest absolute Gasteiger partial charge is 0.267 e. The zero-order chi connectivity index (χ0) is 19.6. The zero-order valence-corrected chi connectivity index (χ0v) is 17.4. The van der Waals surface area contributed by atoms with Crippen molar-refractivity contribution in [3.63, 3.8) is 0 Å². The number of hydrogen-bond acceptors (Lipinski definition) is 5. The number of aromatic nitrogens is 4. The van der Waals surface area contributed by atoms with Crippen LogP contribution in [0.3, 0.4) is 0 Å². The first-order valence-electron chi connectivity index (χ1n) is 9.52. The number of aryl methyl sites for hydroxylation is 2. The van der Waals surface area contributed by atoms with Crippen LogP contribution in [0.25, 0.3) is 10.4 Å².